The van der Waals surface area contributed by atoms with Gasteiger partial charge in [-0.25, -0.2) is 0 Å². The third-order valence-electron chi connectivity index (χ3n) is 10.7. The smallest absolute Gasteiger partial charge is 0.0577 e. The van der Waals surface area contributed by atoms with Crippen LogP contribution in [0.1, 0.15) is 97.8 Å². The number of hydrogen-bond donors (Lipinski definition) is 2. The van der Waals surface area contributed by atoms with E-state index in [9.17, 15) is 10.2 Å². The summed E-state index contributed by atoms with van der Waals surface area (Å²) in [5.41, 5.74) is 2.42. The van der Waals surface area contributed by atoms with Crippen LogP contribution in [0.25, 0.3) is 0 Å². The van der Waals surface area contributed by atoms with Crippen LogP contribution in [0, 0.1) is 40.4 Å². The minimum atomic E-state index is -0.165. The van der Waals surface area contributed by atoms with Crippen LogP contribution in [0.2, 0.25) is 0 Å². The number of ether oxygens (including phenoxy) is 1. The van der Waals surface area contributed by atoms with Crippen molar-refractivity contribution in [3.63, 3.8) is 0 Å². The predicted octanol–water partition coefficient (Wildman–Crippen LogP) is 6.13. The Labute approximate surface area is 191 Å². The molecule has 0 aromatic carbocycles. The number of aliphatic hydroxyl groups is 2. The maximum Gasteiger partial charge on any atom is 0.0577 e. The molecule has 2 N–H and O–H groups in total. The molecule has 0 aliphatic heterocycles. The van der Waals surface area contributed by atoms with E-state index < -0.39 is 0 Å². The van der Waals surface area contributed by atoms with Gasteiger partial charge in [0.25, 0.3) is 0 Å². The number of rotatable bonds is 8. The van der Waals surface area contributed by atoms with Crippen LogP contribution >= 0.6 is 0 Å². The average molecular weight is 433 g/mol. The SMILES string of the molecule is COCCCC(O)CC[C@@H](C)C1CCC2C3CC=C4CC(O)CCC4(C)C3CCC21C. The van der Waals surface area contributed by atoms with E-state index in [2.05, 4.69) is 26.8 Å². The van der Waals surface area contributed by atoms with E-state index >= 15 is 0 Å². The molecule has 3 nitrogen and oxygen atoms in total. The van der Waals surface area contributed by atoms with E-state index in [1.165, 1.54) is 38.5 Å². The summed E-state index contributed by atoms with van der Waals surface area (Å²) in [5.74, 6) is 4.07. The molecule has 3 heteroatoms. The highest BCUT2D eigenvalue weighted by atomic mass is 16.5. The van der Waals surface area contributed by atoms with Crippen molar-refractivity contribution in [1.82, 2.24) is 0 Å². The Kier molecular flexibility index (Phi) is 7.26. The normalized spacial score (nSPS) is 44.1. The van der Waals surface area contributed by atoms with Gasteiger partial charge in [-0.05, 0) is 117 Å². The molecule has 31 heavy (non-hydrogen) atoms. The summed E-state index contributed by atoms with van der Waals surface area (Å²) >= 11 is 0. The number of hydrogen-bond acceptors (Lipinski definition) is 3. The summed E-state index contributed by atoms with van der Waals surface area (Å²) in [6.07, 6.45) is 16.1. The third-order valence-corrected chi connectivity index (χ3v) is 10.7. The van der Waals surface area contributed by atoms with Gasteiger partial charge < -0.3 is 14.9 Å². The van der Waals surface area contributed by atoms with Gasteiger partial charge >= 0.3 is 0 Å². The molecule has 0 amide bonds. The number of aliphatic hydroxyl groups excluding tert-OH is 2. The van der Waals surface area contributed by atoms with Crippen molar-refractivity contribution in [3.8, 4) is 0 Å². The molecule has 4 aliphatic rings. The summed E-state index contributed by atoms with van der Waals surface area (Å²) in [4.78, 5) is 0. The first-order valence-electron chi connectivity index (χ1n) is 13.3. The average Bonchev–Trinajstić information content (AvgIpc) is 3.10. The van der Waals surface area contributed by atoms with Crippen LogP contribution in [0.3, 0.4) is 0 Å². The standard InChI is InChI=1S/C28H48O3/c1-19(7-9-21(29)6-5-17-31-4)24-11-12-25-23-10-8-20-18-22(30)13-15-27(20,2)26(23)14-16-28(24,25)3/h8,19,21-26,29-30H,5-7,9-18H2,1-4H3/t19-,21?,22?,23?,24?,25?,26?,27?,28?/m1/s1. The van der Waals surface area contributed by atoms with Gasteiger partial charge in [0.2, 0.25) is 0 Å². The molecule has 4 aliphatic carbocycles. The Bertz CT molecular complexity index is 644. The summed E-state index contributed by atoms with van der Waals surface area (Å²) in [5, 5.41) is 20.6. The Hall–Kier alpha value is -0.380. The number of methoxy groups -OCH3 is 1. The summed E-state index contributed by atoms with van der Waals surface area (Å²) < 4.78 is 5.13. The van der Waals surface area contributed by atoms with Crippen molar-refractivity contribution in [1.29, 1.82) is 0 Å². The Morgan fingerprint density at radius 1 is 1.06 bits per heavy atom. The van der Waals surface area contributed by atoms with Crippen LogP contribution in [-0.4, -0.2) is 36.1 Å². The Morgan fingerprint density at radius 3 is 2.65 bits per heavy atom. The highest BCUT2D eigenvalue weighted by Gasteiger charge is 2.59. The molecule has 0 aromatic heterocycles. The lowest BCUT2D eigenvalue weighted by Gasteiger charge is -2.58. The minimum absolute atomic E-state index is 0.105. The highest BCUT2D eigenvalue weighted by molar-refractivity contribution is 5.25. The molecular weight excluding hydrogens is 384 g/mol. The largest absolute Gasteiger partial charge is 0.393 e. The van der Waals surface area contributed by atoms with Crippen LogP contribution < -0.4 is 0 Å². The lowest BCUT2D eigenvalue weighted by atomic mass is 9.47. The molecule has 0 aromatic rings. The Balaban J connectivity index is 1.40. The first-order chi connectivity index (χ1) is 14.8. The fourth-order valence-corrected chi connectivity index (χ4v) is 8.88. The molecule has 178 valence electrons. The van der Waals surface area contributed by atoms with Crippen molar-refractivity contribution in [2.24, 2.45) is 40.4 Å². The molecule has 3 fully saturated rings. The molecule has 0 spiro atoms. The second-order valence-corrected chi connectivity index (χ2v) is 12.2. The van der Waals surface area contributed by atoms with E-state index in [1.54, 1.807) is 12.7 Å². The van der Waals surface area contributed by atoms with Crippen LogP contribution in [0.15, 0.2) is 11.6 Å². The van der Waals surface area contributed by atoms with E-state index in [4.69, 9.17) is 4.74 Å². The quantitative estimate of drug-likeness (QED) is 0.358. The van der Waals surface area contributed by atoms with Gasteiger partial charge in [-0.3, -0.25) is 0 Å². The van der Waals surface area contributed by atoms with Gasteiger partial charge in [-0.2, -0.15) is 0 Å². The van der Waals surface area contributed by atoms with Gasteiger partial charge in [-0.15, -0.1) is 0 Å². The second kappa shape index (κ2) is 9.47. The van der Waals surface area contributed by atoms with Gasteiger partial charge in [0.1, 0.15) is 0 Å². The topological polar surface area (TPSA) is 49.7 Å². The molecule has 8 unspecified atom stereocenters. The van der Waals surface area contributed by atoms with E-state index in [1.807, 2.05) is 0 Å². The summed E-state index contributed by atoms with van der Waals surface area (Å²) in [7, 11) is 1.74. The highest BCUT2D eigenvalue weighted by Crippen LogP contribution is 2.67. The molecule has 9 atom stereocenters. The fourth-order valence-electron chi connectivity index (χ4n) is 8.88. The van der Waals surface area contributed by atoms with Gasteiger partial charge in [0.15, 0.2) is 0 Å². The van der Waals surface area contributed by atoms with Gasteiger partial charge in [0.05, 0.1) is 12.2 Å². The zero-order valence-corrected chi connectivity index (χ0v) is 20.6. The van der Waals surface area contributed by atoms with Gasteiger partial charge in [0, 0.05) is 13.7 Å². The third kappa shape index (κ3) is 4.41. The lowest BCUT2D eigenvalue weighted by molar-refractivity contribution is -0.0578. The van der Waals surface area contributed by atoms with Crippen molar-refractivity contribution < 1.29 is 14.9 Å². The van der Waals surface area contributed by atoms with Crippen LogP contribution in [0.5, 0.6) is 0 Å². The van der Waals surface area contributed by atoms with Crippen molar-refractivity contribution in [2.45, 2.75) is 110 Å². The van der Waals surface area contributed by atoms with Crippen LogP contribution in [-0.2, 0) is 4.74 Å². The zero-order chi connectivity index (χ0) is 22.2. The fraction of sp³-hybridized carbons (Fsp3) is 0.929. The van der Waals surface area contributed by atoms with Crippen LogP contribution in [0.4, 0.5) is 0 Å². The maximum atomic E-state index is 10.4. The molecule has 0 heterocycles. The second-order valence-electron chi connectivity index (χ2n) is 12.2. The van der Waals surface area contributed by atoms with E-state index in [0.29, 0.717) is 16.7 Å². The molecule has 4 rings (SSSR count). The van der Waals surface area contributed by atoms with Crippen molar-refractivity contribution in [2.75, 3.05) is 13.7 Å². The zero-order valence-electron chi connectivity index (χ0n) is 20.6. The van der Waals surface area contributed by atoms with Crippen molar-refractivity contribution in [3.05, 3.63) is 11.6 Å². The predicted molar refractivity (Wildman–Crippen MR) is 127 cm³/mol. The van der Waals surface area contributed by atoms with Crippen molar-refractivity contribution >= 4 is 0 Å². The number of allylic oxidation sites excluding steroid dienone is 1. The minimum Gasteiger partial charge on any atom is -0.393 e. The van der Waals surface area contributed by atoms with E-state index in [-0.39, 0.29) is 12.2 Å². The molecule has 0 saturated heterocycles. The number of fused-ring (bicyclic) bond motifs is 5. The first kappa shape index (κ1) is 23.8. The molecule has 0 bridgehead atoms. The maximum absolute atomic E-state index is 10.4. The molecule has 0 radical (unpaired) electrons. The summed E-state index contributed by atoms with van der Waals surface area (Å²) in [6, 6.07) is 0. The molecule has 3 saturated carbocycles. The summed E-state index contributed by atoms with van der Waals surface area (Å²) in [6.45, 7) is 8.38. The van der Waals surface area contributed by atoms with E-state index in [0.717, 1.165) is 68.8 Å². The Morgan fingerprint density at radius 2 is 1.87 bits per heavy atom. The first-order valence-corrected chi connectivity index (χ1v) is 13.3. The monoisotopic (exact) mass is 432 g/mol. The van der Waals surface area contributed by atoms with Gasteiger partial charge in [-0.1, -0.05) is 32.4 Å². The molecular formula is C28H48O3. The lowest BCUT2D eigenvalue weighted by Crippen LogP contribution is -2.50.